The van der Waals surface area contributed by atoms with Gasteiger partial charge in [0.25, 0.3) is 0 Å². The van der Waals surface area contributed by atoms with E-state index in [1.165, 1.54) is 23.1 Å². The van der Waals surface area contributed by atoms with Crippen molar-refractivity contribution in [3.8, 4) is 0 Å². The van der Waals surface area contributed by atoms with Crippen LogP contribution in [0.4, 0.5) is 11.8 Å². The van der Waals surface area contributed by atoms with Crippen molar-refractivity contribution in [2.24, 2.45) is 30.7 Å². The molecule has 1 saturated carbocycles. The molecule has 1 aliphatic heterocycles. The van der Waals surface area contributed by atoms with Gasteiger partial charge in [0.15, 0.2) is 0 Å². The van der Waals surface area contributed by atoms with Crippen LogP contribution < -0.4 is 10.6 Å². The Morgan fingerprint density at radius 2 is 1.76 bits per heavy atom. The van der Waals surface area contributed by atoms with Crippen LogP contribution in [-0.2, 0) is 24.7 Å². The summed E-state index contributed by atoms with van der Waals surface area (Å²) in [4.78, 5) is 24.6. The normalized spacial score (nSPS) is 26.6. The molecule has 2 aromatic heterocycles. The second kappa shape index (κ2) is 14.5. The lowest BCUT2D eigenvalue weighted by molar-refractivity contribution is -0.143. The quantitative estimate of drug-likeness (QED) is 0.216. The van der Waals surface area contributed by atoms with Crippen LogP contribution in [0.1, 0.15) is 100 Å². The van der Waals surface area contributed by atoms with Crippen molar-refractivity contribution in [2.45, 2.75) is 96.6 Å². The first-order valence-electron chi connectivity index (χ1n) is 17.7. The molecule has 248 valence electrons. The molecule has 6 rings (SSSR count). The van der Waals surface area contributed by atoms with Crippen molar-refractivity contribution in [1.29, 1.82) is 0 Å². The Kier molecular flexibility index (Phi) is 10.3. The Hall–Kier alpha value is -3.46. The number of carbonyl (C=O) groups is 1. The highest BCUT2D eigenvalue weighted by molar-refractivity contribution is 5.70. The van der Waals surface area contributed by atoms with E-state index in [9.17, 15) is 9.90 Å². The monoisotopic (exact) mass is 627 g/mol. The van der Waals surface area contributed by atoms with Gasteiger partial charge in [-0.15, -0.1) is 0 Å². The number of aryl methyl sites for hydroxylation is 2. The Morgan fingerprint density at radius 3 is 2.41 bits per heavy atom. The first-order chi connectivity index (χ1) is 22.2. The maximum absolute atomic E-state index is 11.6. The van der Waals surface area contributed by atoms with E-state index in [2.05, 4.69) is 77.9 Å². The summed E-state index contributed by atoms with van der Waals surface area (Å²) in [5.74, 6) is 2.99. The molecule has 9 nitrogen and oxygen atoms in total. The second-order valence-electron chi connectivity index (χ2n) is 14.6. The number of hydrogen-bond donors (Lipinski definition) is 3. The van der Waals surface area contributed by atoms with Gasteiger partial charge in [-0.3, -0.25) is 9.48 Å². The second-order valence-corrected chi connectivity index (χ2v) is 14.6. The minimum absolute atomic E-state index is 0.0448. The molecule has 0 unspecified atom stereocenters. The number of anilines is 2. The van der Waals surface area contributed by atoms with E-state index in [4.69, 9.17) is 9.97 Å². The van der Waals surface area contributed by atoms with E-state index in [0.29, 0.717) is 29.6 Å². The number of aliphatic carboxylic acids is 1. The predicted molar refractivity (Wildman–Crippen MR) is 183 cm³/mol. The summed E-state index contributed by atoms with van der Waals surface area (Å²) in [6.45, 7) is 10.1. The Labute approximate surface area is 274 Å². The lowest BCUT2D eigenvalue weighted by atomic mass is 9.78. The molecule has 3 N–H and O–H groups in total. The van der Waals surface area contributed by atoms with E-state index < -0.39 is 5.97 Å². The van der Waals surface area contributed by atoms with Gasteiger partial charge in [0.1, 0.15) is 5.82 Å². The third kappa shape index (κ3) is 7.73. The average Bonchev–Trinajstić information content (AvgIpc) is 3.49. The molecule has 2 fully saturated rings. The highest BCUT2D eigenvalue weighted by Gasteiger charge is 2.32. The minimum atomic E-state index is -0.654. The number of nitrogens with one attached hydrogen (secondary N) is 2. The van der Waals surface area contributed by atoms with Gasteiger partial charge in [-0.05, 0) is 87.0 Å². The summed E-state index contributed by atoms with van der Waals surface area (Å²) < 4.78 is 1.89. The zero-order valence-corrected chi connectivity index (χ0v) is 28.2. The third-order valence-corrected chi connectivity index (χ3v) is 10.8. The number of carboxylic acid groups (broad SMARTS) is 1. The molecular formula is C37H53N7O2. The number of nitrogens with zero attached hydrogens (tertiary/aromatic N) is 5. The molecule has 2 aliphatic carbocycles. The fourth-order valence-corrected chi connectivity index (χ4v) is 8.51. The lowest BCUT2D eigenvalue weighted by Gasteiger charge is -2.37. The van der Waals surface area contributed by atoms with Crippen LogP contribution in [-0.4, -0.2) is 61.4 Å². The highest BCUT2D eigenvalue weighted by Crippen LogP contribution is 2.38. The highest BCUT2D eigenvalue weighted by atomic mass is 16.4. The zero-order valence-electron chi connectivity index (χ0n) is 28.2. The van der Waals surface area contributed by atoms with Gasteiger partial charge in [-0.1, -0.05) is 51.1 Å². The minimum Gasteiger partial charge on any atom is -0.481 e. The van der Waals surface area contributed by atoms with Crippen LogP contribution in [0.3, 0.4) is 0 Å². The number of likely N-dealkylation sites (tertiary alicyclic amines) is 1. The first-order valence-corrected chi connectivity index (χ1v) is 17.7. The molecule has 3 aliphatic rings. The van der Waals surface area contributed by atoms with Crippen molar-refractivity contribution in [3.05, 3.63) is 65.1 Å². The third-order valence-electron chi connectivity index (χ3n) is 10.8. The number of carboxylic acids is 1. The van der Waals surface area contributed by atoms with Crippen molar-refractivity contribution >= 4 is 17.7 Å². The SMILES string of the molecule is CC[C@@H](Nc1nc2c(c(N[C@@H](CN3C[C@H](C)C[C@H](C)C3)c3cnn(C)c3)n1)C[C@H](c1ccccc1)CC2)C1CCC(C(=O)O)CC1. The summed E-state index contributed by atoms with van der Waals surface area (Å²) >= 11 is 0. The van der Waals surface area contributed by atoms with Gasteiger partial charge in [0, 0.05) is 50.0 Å². The van der Waals surface area contributed by atoms with Crippen LogP contribution >= 0.6 is 0 Å². The number of piperidine rings is 1. The molecular weight excluding hydrogens is 574 g/mol. The Morgan fingerprint density at radius 1 is 1.02 bits per heavy atom. The molecule has 0 amide bonds. The molecule has 0 spiro atoms. The molecule has 46 heavy (non-hydrogen) atoms. The topological polar surface area (TPSA) is 108 Å². The van der Waals surface area contributed by atoms with Crippen molar-refractivity contribution in [3.63, 3.8) is 0 Å². The van der Waals surface area contributed by atoms with Crippen molar-refractivity contribution in [1.82, 2.24) is 24.6 Å². The number of benzene rings is 1. The molecule has 3 heterocycles. The average molecular weight is 628 g/mol. The first kappa shape index (κ1) is 32.5. The van der Waals surface area contributed by atoms with Gasteiger partial charge in [-0.2, -0.15) is 10.1 Å². The predicted octanol–water partition coefficient (Wildman–Crippen LogP) is 6.70. The fraction of sp³-hybridized carbons (Fsp3) is 0.622. The van der Waals surface area contributed by atoms with Crippen LogP contribution in [0.25, 0.3) is 0 Å². The van der Waals surface area contributed by atoms with E-state index >= 15 is 0 Å². The van der Waals surface area contributed by atoms with Crippen LogP contribution in [0.15, 0.2) is 42.7 Å². The van der Waals surface area contributed by atoms with Crippen molar-refractivity contribution in [2.75, 3.05) is 30.3 Å². The molecule has 9 heteroatoms. The molecule has 0 radical (unpaired) electrons. The van der Waals surface area contributed by atoms with Crippen LogP contribution in [0.2, 0.25) is 0 Å². The lowest BCUT2D eigenvalue weighted by Crippen LogP contribution is -2.42. The maximum atomic E-state index is 11.6. The molecule has 5 atom stereocenters. The Balaban J connectivity index is 1.30. The molecule has 0 bridgehead atoms. The summed E-state index contributed by atoms with van der Waals surface area (Å²) in [6.07, 6.45) is 12.6. The van der Waals surface area contributed by atoms with E-state index in [1.807, 2.05) is 17.9 Å². The van der Waals surface area contributed by atoms with Gasteiger partial charge in [0.2, 0.25) is 5.95 Å². The summed E-state index contributed by atoms with van der Waals surface area (Å²) in [5, 5.41) is 21.8. The zero-order chi connectivity index (χ0) is 32.2. The summed E-state index contributed by atoms with van der Waals surface area (Å²) in [7, 11) is 1.99. The maximum Gasteiger partial charge on any atom is 0.306 e. The van der Waals surface area contributed by atoms with Crippen molar-refractivity contribution < 1.29 is 9.90 Å². The Bertz CT molecular complexity index is 1440. The van der Waals surface area contributed by atoms with Crippen LogP contribution in [0.5, 0.6) is 0 Å². The van der Waals surface area contributed by atoms with Gasteiger partial charge in [0.05, 0.1) is 23.9 Å². The smallest absolute Gasteiger partial charge is 0.306 e. The molecule has 1 aromatic carbocycles. The largest absolute Gasteiger partial charge is 0.481 e. The number of hydrogen-bond acceptors (Lipinski definition) is 7. The molecule has 1 saturated heterocycles. The van der Waals surface area contributed by atoms with Gasteiger partial charge >= 0.3 is 5.97 Å². The number of fused-ring (bicyclic) bond motifs is 1. The van der Waals surface area contributed by atoms with E-state index in [1.54, 1.807) is 0 Å². The van der Waals surface area contributed by atoms with E-state index in [-0.39, 0.29) is 18.0 Å². The molecule has 3 aromatic rings. The standard InChI is InChI=1S/C37H53N7O2/c1-5-32(27-11-13-28(14-12-27)36(45)46)40-37-41-33-16-15-29(26-9-7-6-8-10-26)18-31(33)35(42-37)39-34(30-19-38-43(4)22-30)23-44-20-24(2)17-25(3)21-44/h6-10,19,22,24-25,27-29,32,34H,5,11-18,20-21,23H2,1-4H3,(H,45,46)(H2,39,40,41,42)/t24-,25+,27?,28?,29-,32-,34+/m1/s1. The summed E-state index contributed by atoms with van der Waals surface area (Å²) in [6, 6.07) is 11.1. The fourth-order valence-electron chi connectivity index (χ4n) is 8.51. The van der Waals surface area contributed by atoms with Gasteiger partial charge in [-0.25, -0.2) is 4.98 Å². The number of rotatable bonds is 11. The van der Waals surface area contributed by atoms with E-state index in [0.717, 1.165) is 82.5 Å². The van der Waals surface area contributed by atoms with Crippen LogP contribution in [0, 0.1) is 23.7 Å². The summed E-state index contributed by atoms with van der Waals surface area (Å²) in [5.41, 5.74) is 4.92. The number of aromatic nitrogens is 4. The van der Waals surface area contributed by atoms with Gasteiger partial charge < -0.3 is 20.6 Å².